The quantitative estimate of drug-likeness (QED) is 0.834. The van der Waals surface area contributed by atoms with Gasteiger partial charge in [-0.25, -0.2) is 13.1 Å². The fraction of sp³-hybridized carbons (Fsp3) is 0.286. The van der Waals surface area contributed by atoms with Crippen molar-refractivity contribution in [3.8, 4) is 0 Å². The molecule has 0 radical (unpaired) electrons. The molecular formula is C14H18N2O2S2. The Balaban J connectivity index is 2.24. The average molecular weight is 310 g/mol. The summed E-state index contributed by atoms with van der Waals surface area (Å²) in [5, 5.41) is 0. The van der Waals surface area contributed by atoms with E-state index in [9.17, 15) is 8.42 Å². The molecule has 2 aromatic rings. The van der Waals surface area contributed by atoms with Crippen LogP contribution in [0, 0.1) is 6.92 Å². The lowest BCUT2D eigenvalue weighted by Crippen LogP contribution is -2.24. The van der Waals surface area contributed by atoms with Gasteiger partial charge in [-0.15, -0.1) is 11.3 Å². The van der Waals surface area contributed by atoms with Crippen molar-refractivity contribution in [2.75, 3.05) is 5.73 Å². The molecule has 108 valence electrons. The van der Waals surface area contributed by atoms with E-state index < -0.39 is 10.0 Å². The highest BCUT2D eigenvalue weighted by Crippen LogP contribution is 2.21. The summed E-state index contributed by atoms with van der Waals surface area (Å²) in [7, 11) is -3.54. The Morgan fingerprint density at radius 2 is 2.00 bits per heavy atom. The molecule has 0 aliphatic heterocycles. The molecule has 0 aliphatic rings. The van der Waals surface area contributed by atoms with Gasteiger partial charge in [-0.2, -0.15) is 0 Å². The zero-order chi connectivity index (χ0) is 14.8. The highest BCUT2D eigenvalue weighted by molar-refractivity contribution is 7.89. The normalized spacial score (nSPS) is 11.7. The summed E-state index contributed by atoms with van der Waals surface area (Å²) in [6.45, 7) is 4.22. The number of aryl methyl sites for hydroxylation is 2. The smallest absolute Gasteiger partial charge is 0.241 e. The van der Waals surface area contributed by atoms with Crippen molar-refractivity contribution < 1.29 is 8.42 Å². The van der Waals surface area contributed by atoms with Crippen LogP contribution in [0.4, 0.5) is 5.69 Å². The maximum absolute atomic E-state index is 12.4. The molecule has 0 amide bonds. The summed E-state index contributed by atoms with van der Waals surface area (Å²) in [5.41, 5.74) is 6.92. The third-order valence-electron chi connectivity index (χ3n) is 2.99. The molecule has 2 rings (SSSR count). The van der Waals surface area contributed by atoms with Crippen molar-refractivity contribution in [1.29, 1.82) is 0 Å². The molecule has 0 spiro atoms. The van der Waals surface area contributed by atoms with Crippen LogP contribution in [0.2, 0.25) is 0 Å². The van der Waals surface area contributed by atoms with E-state index in [1.807, 2.05) is 26.0 Å². The Kier molecular flexibility index (Phi) is 4.47. The Labute approximate surface area is 123 Å². The van der Waals surface area contributed by atoms with Gasteiger partial charge in [-0.3, -0.25) is 0 Å². The summed E-state index contributed by atoms with van der Waals surface area (Å²) >= 11 is 1.59. The zero-order valence-electron chi connectivity index (χ0n) is 11.5. The molecule has 0 fully saturated rings. The molecule has 3 N–H and O–H groups in total. The third kappa shape index (κ3) is 3.39. The predicted molar refractivity (Wildman–Crippen MR) is 83.3 cm³/mol. The van der Waals surface area contributed by atoms with Crippen molar-refractivity contribution in [2.24, 2.45) is 0 Å². The second-order valence-electron chi connectivity index (χ2n) is 4.56. The molecule has 0 saturated carbocycles. The zero-order valence-corrected chi connectivity index (χ0v) is 13.1. The first-order chi connectivity index (χ1) is 9.42. The second kappa shape index (κ2) is 5.95. The van der Waals surface area contributed by atoms with Gasteiger partial charge in [0.05, 0.1) is 4.90 Å². The number of nitrogens with one attached hydrogen (secondary N) is 1. The third-order valence-corrected chi connectivity index (χ3v) is 5.48. The fourth-order valence-corrected chi connectivity index (χ4v) is 4.21. The molecule has 0 aliphatic carbocycles. The topological polar surface area (TPSA) is 72.2 Å². The SMILES string of the molecule is CCc1ccc(N)cc1S(=O)(=O)NCc1ccc(C)s1. The maximum Gasteiger partial charge on any atom is 0.241 e. The van der Waals surface area contributed by atoms with Crippen molar-refractivity contribution in [3.05, 3.63) is 45.6 Å². The van der Waals surface area contributed by atoms with Crippen molar-refractivity contribution in [1.82, 2.24) is 4.72 Å². The molecular weight excluding hydrogens is 292 g/mol. The first kappa shape index (κ1) is 15.0. The lowest BCUT2D eigenvalue weighted by Gasteiger charge is -2.10. The minimum atomic E-state index is -3.54. The first-order valence-corrected chi connectivity index (χ1v) is 8.65. The summed E-state index contributed by atoms with van der Waals surface area (Å²) < 4.78 is 27.4. The number of thiophene rings is 1. The van der Waals surface area contributed by atoms with E-state index in [2.05, 4.69) is 4.72 Å². The van der Waals surface area contributed by atoms with Gasteiger partial charge in [0.15, 0.2) is 0 Å². The molecule has 1 aromatic carbocycles. The summed E-state index contributed by atoms with van der Waals surface area (Å²) in [5.74, 6) is 0. The number of hydrogen-bond donors (Lipinski definition) is 2. The number of benzene rings is 1. The number of nitrogen functional groups attached to an aromatic ring is 1. The number of anilines is 1. The Bertz CT molecular complexity index is 706. The monoisotopic (exact) mass is 310 g/mol. The summed E-state index contributed by atoms with van der Waals surface area (Å²) in [6, 6.07) is 8.91. The van der Waals surface area contributed by atoms with Crippen LogP contribution < -0.4 is 10.5 Å². The number of nitrogens with two attached hydrogens (primary N) is 1. The highest BCUT2D eigenvalue weighted by Gasteiger charge is 2.18. The van der Waals surface area contributed by atoms with E-state index in [1.165, 1.54) is 6.07 Å². The first-order valence-electron chi connectivity index (χ1n) is 6.35. The minimum absolute atomic E-state index is 0.272. The van der Waals surface area contributed by atoms with E-state index >= 15 is 0 Å². The molecule has 1 aromatic heterocycles. The Morgan fingerprint density at radius 3 is 2.60 bits per heavy atom. The van der Waals surface area contributed by atoms with Gasteiger partial charge in [-0.05, 0) is 43.2 Å². The number of sulfonamides is 1. The van der Waals surface area contributed by atoms with E-state index in [-0.39, 0.29) is 4.90 Å². The van der Waals surface area contributed by atoms with Crippen molar-refractivity contribution in [2.45, 2.75) is 31.7 Å². The predicted octanol–water partition coefficient (Wildman–Crippen LogP) is 2.68. The van der Waals surface area contributed by atoms with Crippen LogP contribution >= 0.6 is 11.3 Å². The lowest BCUT2D eigenvalue weighted by atomic mass is 10.1. The standard InChI is InChI=1S/C14H18N2O2S2/c1-3-11-5-6-12(15)8-14(11)20(17,18)16-9-13-7-4-10(2)19-13/h4-8,16H,3,9,15H2,1-2H3. The molecule has 20 heavy (non-hydrogen) atoms. The van der Waals surface area contributed by atoms with Crippen LogP contribution in [0.15, 0.2) is 35.2 Å². The summed E-state index contributed by atoms with van der Waals surface area (Å²) in [4.78, 5) is 2.43. The largest absolute Gasteiger partial charge is 0.399 e. The van der Waals surface area contributed by atoms with Gasteiger partial charge in [0.2, 0.25) is 10.0 Å². The molecule has 4 nitrogen and oxygen atoms in total. The molecule has 0 unspecified atom stereocenters. The summed E-state index contributed by atoms with van der Waals surface area (Å²) in [6.07, 6.45) is 0.647. The van der Waals surface area contributed by atoms with Gasteiger partial charge in [-0.1, -0.05) is 13.0 Å². The van der Waals surface area contributed by atoms with Crippen LogP contribution in [0.5, 0.6) is 0 Å². The Hall–Kier alpha value is -1.37. The number of rotatable bonds is 5. The van der Waals surface area contributed by atoms with E-state index in [1.54, 1.807) is 23.5 Å². The van der Waals surface area contributed by atoms with E-state index in [0.29, 0.717) is 18.7 Å². The van der Waals surface area contributed by atoms with Crippen molar-refractivity contribution >= 4 is 27.0 Å². The van der Waals surface area contributed by atoms with Gasteiger partial charge < -0.3 is 5.73 Å². The van der Waals surface area contributed by atoms with Crippen LogP contribution in [0.1, 0.15) is 22.2 Å². The van der Waals surface area contributed by atoms with Crippen LogP contribution in [-0.4, -0.2) is 8.42 Å². The fourth-order valence-electron chi connectivity index (χ4n) is 1.94. The highest BCUT2D eigenvalue weighted by atomic mass is 32.2. The molecule has 0 saturated heterocycles. The van der Waals surface area contributed by atoms with Crippen molar-refractivity contribution in [3.63, 3.8) is 0 Å². The van der Waals surface area contributed by atoms with Gasteiger partial charge >= 0.3 is 0 Å². The van der Waals surface area contributed by atoms with Gasteiger partial charge in [0, 0.05) is 22.0 Å². The maximum atomic E-state index is 12.4. The van der Waals surface area contributed by atoms with Crippen LogP contribution in [0.3, 0.4) is 0 Å². The molecule has 1 heterocycles. The Morgan fingerprint density at radius 1 is 1.25 bits per heavy atom. The molecule has 6 heteroatoms. The second-order valence-corrected chi connectivity index (χ2v) is 7.67. The van der Waals surface area contributed by atoms with Gasteiger partial charge in [0.1, 0.15) is 0 Å². The van der Waals surface area contributed by atoms with E-state index in [0.717, 1.165) is 15.3 Å². The number of hydrogen-bond acceptors (Lipinski definition) is 4. The van der Waals surface area contributed by atoms with Gasteiger partial charge in [0.25, 0.3) is 0 Å². The molecule has 0 bridgehead atoms. The minimum Gasteiger partial charge on any atom is -0.399 e. The molecule has 0 atom stereocenters. The lowest BCUT2D eigenvalue weighted by molar-refractivity contribution is 0.580. The van der Waals surface area contributed by atoms with Crippen LogP contribution in [-0.2, 0) is 23.0 Å². The average Bonchev–Trinajstić information content (AvgIpc) is 2.82. The van der Waals surface area contributed by atoms with E-state index in [4.69, 9.17) is 5.73 Å². The van der Waals surface area contributed by atoms with Crippen LogP contribution in [0.25, 0.3) is 0 Å².